The van der Waals surface area contributed by atoms with Crippen molar-refractivity contribution in [2.45, 2.75) is 32.1 Å². The molecule has 3 fully saturated rings. The molecule has 0 unspecified atom stereocenters. The van der Waals surface area contributed by atoms with Crippen LogP contribution in [0.4, 0.5) is 8.78 Å². The summed E-state index contributed by atoms with van der Waals surface area (Å²) in [5.41, 5.74) is -0.205. The zero-order valence-electron chi connectivity index (χ0n) is 13.3. The number of hydrogen-bond acceptors (Lipinski definition) is 3. The molecule has 23 heavy (non-hydrogen) atoms. The lowest BCUT2D eigenvalue weighted by Gasteiger charge is -2.43. The van der Waals surface area contributed by atoms with Crippen LogP contribution < -0.4 is 5.32 Å². The van der Waals surface area contributed by atoms with Crippen LogP contribution in [-0.4, -0.2) is 67.9 Å². The van der Waals surface area contributed by atoms with E-state index in [-0.39, 0.29) is 42.7 Å². The lowest BCUT2D eigenvalue weighted by Crippen LogP contribution is -2.56. The molecule has 136 valence electrons. The SMILES string of the molecule is Cl.Cl.O=C(N1CCN(CC(F)F)CC1)[C@@]12CCCC[C@H]1CNC2. The van der Waals surface area contributed by atoms with Crippen LogP contribution in [-0.2, 0) is 4.79 Å². The second-order valence-corrected chi connectivity index (χ2v) is 6.71. The van der Waals surface area contributed by atoms with E-state index in [9.17, 15) is 13.6 Å². The Hall–Kier alpha value is -0.170. The number of piperazine rings is 1. The molecule has 1 N–H and O–H groups in total. The fourth-order valence-electron chi connectivity index (χ4n) is 4.31. The fourth-order valence-corrected chi connectivity index (χ4v) is 4.31. The van der Waals surface area contributed by atoms with Gasteiger partial charge in [0, 0.05) is 32.7 Å². The zero-order chi connectivity index (χ0) is 14.9. The lowest BCUT2D eigenvalue weighted by atomic mass is 9.67. The lowest BCUT2D eigenvalue weighted by molar-refractivity contribution is -0.147. The molecule has 3 rings (SSSR count). The Labute approximate surface area is 149 Å². The average molecular weight is 374 g/mol. The first kappa shape index (κ1) is 20.9. The van der Waals surface area contributed by atoms with Crippen LogP contribution in [0, 0.1) is 11.3 Å². The Morgan fingerprint density at radius 3 is 2.52 bits per heavy atom. The highest BCUT2D eigenvalue weighted by Gasteiger charge is 2.51. The van der Waals surface area contributed by atoms with Crippen LogP contribution in [0.3, 0.4) is 0 Å². The van der Waals surface area contributed by atoms with E-state index in [0.29, 0.717) is 32.1 Å². The van der Waals surface area contributed by atoms with Crippen LogP contribution in [0.1, 0.15) is 25.7 Å². The molecule has 1 saturated carbocycles. The minimum Gasteiger partial charge on any atom is -0.340 e. The summed E-state index contributed by atoms with van der Waals surface area (Å²) < 4.78 is 24.8. The van der Waals surface area contributed by atoms with Crippen LogP contribution in [0.5, 0.6) is 0 Å². The Bertz CT molecular complexity index is 395. The first-order chi connectivity index (χ1) is 10.1. The van der Waals surface area contributed by atoms with Gasteiger partial charge in [0.05, 0.1) is 12.0 Å². The maximum absolute atomic E-state index is 13.0. The molecule has 0 aromatic carbocycles. The summed E-state index contributed by atoms with van der Waals surface area (Å²) >= 11 is 0. The largest absolute Gasteiger partial charge is 0.340 e. The summed E-state index contributed by atoms with van der Waals surface area (Å²) in [6, 6.07) is 0. The molecule has 0 aromatic rings. The maximum atomic E-state index is 13.0. The van der Waals surface area contributed by atoms with Crippen molar-refractivity contribution in [3.8, 4) is 0 Å². The molecule has 0 radical (unpaired) electrons. The quantitative estimate of drug-likeness (QED) is 0.821. The van der Waals surface area contributed by atoms with Gasteiger partial charge in [-0.15, -0.1) is 24.8 Å². The van der Waals surface area contributed by atoms with Crippen molar-refractivity contribution in [3.05, 3.63) is 0 Å². The Morgan fingerprint density at radius 2 is 1.87 bits per heavy atom. The molecular formula is C15H27Cl2F2N3O. The summed E-state index contributed by atoms with van der Waals surface area (Å²) in [6.07, 6.45) is 2.21. The van der Waals surface area contributed by atoms with Crippen molar-refractivity contribution < 1.29 is 13.6 Å². The number of amides is 1. The molecule has 2 aliphatic heterocycles. The van der Waals surface area contributed by atoms with Crippen molar-refractivity contribution in [1.82, 2.24) is 15.1 Å². The molecule has 1 amide bonds. The highest BCUT2D eigenvalue weighted by molar-refractivity contribution is 5.85. The van der Waals surface area contributed by atoms with Crippen molar-refractivity contribution in [1.29, 1.82) is 0 Å². The van der Waals surface area contributed by atoms with Gasteiger partial charge in [-0.25, -0.2) is 8.78 Å². The summed E-state index contributed by atoms with van der Waals surface area (Å²) in [4.78, 5) is 16.7. The summed E-state index contributed by atoms with van der Waals surface area (Å²) in [5.74, 6) is 0.742. The molecule has 3 aliphatic rings. The number of rotatable bonds is 3. The molecule has 1 aliphatic carbocycles. The van der Waals surface area contributed by atoms with Gasteiger partial charge in [-0.3, -0.25) is 9.69 Å². The predicted octanol–water partition coefficient (Wildman–Crippen LogP) is 2.02. The van der Waals surface area contributed by atoms with Crippen LogP contribution in [0.2, 0.25) is 0 Å². The van der Waals surface area contributed by atoms with Crippen LogP contribution >= 0.6 is 24.8 Å². The Kier molecular flexibility index (Phi) is 7.98. The van der Waals surface area contributed by atoms with Gasteiger partial charge in [-0.2, -0.15) is 0 Å². The van der Waals surface area contributed by atoms with Gasteiger partial charge in [0.15, 0.2) is 0 Å². The number of nitrogens with one attached hydrogen (secondary N) is 1. The van der Waals surface area contributed by atoms with Gasteiger partial charge >= 0.3 is 0 Å². The molecule has 4 nitrogen and oxygen atoms in total. The van der Waals surface area contributed by atoms with Gasteiger partial charge in [0.2, 0.25) is 5.91 Å². The number of hydrogen-bond donors (Lipinski definition) is 1. The predicted molar refractivity (Wildman–Crippen MR) is 90.8 cm³/mol. The summed E-state index contributed by atoms with van der Waals surface area (Å²) in [7, 11) is 0. The number of carbonyl (C=O) groups excluding carboxylic acids is 1. The molecule has 2 saturated heterocycles. The van der Waals surface area contributed by atoms with E-state index in [1.165, 1.54) is 6.42 Å². The van der Waals surface area contributed by atoms with E-state index < -0.39 is 6.43 Å². The van der Waals surface area contributed by atoms with Crippen molar-refractivity contribution in [2.75, 3.05) is 45.8 Å². The Morgan fingerprint density at radius 1 is 1.17 bits per heavy atom. The molecular weight excluding hydrogens is 347 g/mol. The normalized spacial score (nSPS) is 31.3. The number of carbonyl (C=O) groups is 1. The van der Waals surface area contributed by atoms with E-state index in [2.05, 4.69) is 5.32 Å². The van der Waals surface area contributed by atoms with Gasteiger partial charge in [-0.1, -0.05) is 12.8 Å². The first-order valence-corrected chi connectivity index (χ1v) is 8.12. The van der Waals surface area contributed by atoms with E-state index in [1.54, 1.807) is 4.90 Å². The number of fused-ring (bicyclic) bond motifs is 1. The van der Waals surface area contributed by atoms with Crippen LogP contribution in [0.15, 0.2) is 0 Å². The maximum Gasteiger partial charge on any atom is 0.251 e. The first-order valence-electron chi connectivity index (χ1n) is 8.12. The standard InChI is InChI=1S/C15H25F2N3O.2ClH/c16-13(17)10-19-5-7-20(8-6-19)14(21)15-4-2-1-3-12(15)9-18-11-15;;/h12-13,18H,1-11H2;2*1H/t12-,15+;;/m0../s1. The van der Waals surface area contributed by atoms with Crippen molar-refractivity contribution in [3.63, 3.8) is 0 Å². The van der Waals surface area contributed by atoms with Gasteiger partial charge < -0.3 is 10.2 Å². The van der Waals surface area contributed by atoms with E-state index in [4.69, 9.17) is 0 Å². The third kappa shape index (κ3) is 4.27. The third-order valence-corrected chi connectivity index (χ3v) is 5.52. The summed E-state index contributed by atoms with van der Waals surface area (Å²) in [6.45, 7) is 3.93. The summed E-state index contributed by atoms with van der Waals surface area (Å²) in [5, 5.41) is 3.40. The third-order valence-electron chi connectivity index (χ3n) is 5.52. The molecule has 2 atom stereocenters. The second kappa shape index (κ2) is 8.79. The molecule has 0 aromatic heterocycles. The monoisotopic (exact) mass is 373 g/mol. The zero-order valence-corrected chi connectivity index (χ0v) is 14.9. The van der Waals surface area contributed by atoms with Gasteiger partial charge in [0.1, 0.15) is 0 Å². The van der Waals surface area contributed by atoms with E-state index in [0.717, 1.165) is 32.4 Å². The topological polar surface area (TPSA) is 35.6 Å². The minimum absolute atomic E-state index is 0. The number of nitrogens with zero attached hydrogens (tertiary/aromatic N) is 2. The van der Waals surface area contributed by atoms with Crippen molar-refractivity contribution in [2.24, 2.45) is 11.3 Å². The second-order valence-electron chi connectivity index (χ2n) is 6.71. The molecule has 8 heteroatoms. The minimum atomic E-state index is -2.28. The van der Waals surface area contributed by atoms with E-state index >= 15 is 0 Å². The highest BCUT2D eigenvalue weighted by Crippen LogP contribution is 2.45. The highest BCUT2D eigenvalue weighted by atomic mass is 35.5. The molecule has 0 bridgehead atoms. The number of halogens is 4. The van der Waals surface area contributed by atoms with Crippen LogP contribution in [0.25, 0.3) is 0 Å². The smallest absolute Gasteiger partial charge is 0.251 e. The Balaban J connectivity index is 0.00000132. The van der Waals surface area contributed by atoms with Gasteiger partial charge in [-0.05, 0) is 25.3 Å². The number of alkyl halides is 2. The average Bonchev–Trinajstić information content (AvgIpc) is 2.91. The fraction of sp³-hybridized carbons (Fsp3) is 0.933. The molecule has 0 spiro atoms. The molecule has 2 heterocycles. The van der Waals surface area contributed by atoms with Gasteiger partial charge in [0.25, 0.3) is 6.43 Å². The van der Waals surface area contributed by atoms with Crippen molar-refractivity contribution >= 4 is 30.7 Å². The van der Waals surface area contributed by atoms with E-state index in [1.807, 2.05) is 4.90 Å².